The Morgan fingerprint density at radius 3 is 2.89 bits per heavy atom. The first-order valence-electron chi connectivity index (χ1n) is 9.52. The number of likely N-dealkylation sites (tertiary alicyclic amines) is 1. The number of nitrogens with zero attached hydrogens (tertiary/aromatic N) is 3. The van der Waals surface area contributed by atoms with Gasteiger partial charge < -0.3 is 19.5 Å². The van der Waals surface area contributed by atoms with Gasteiger partial charge in [-0.3, -0.25) is 4.79 Å². The molecule has 2 amide bonds. The summed E-state index contributed by atoms with van der Waals surface area (Å²) in [5.41, 5.74) is 3.60. The molecule has 3 heterocycles. The highest BCUT2D eigenvalue weighted by atomic mass is 16.6. The number of anilines is 1. The lowest BCUT2D eigenvalue weighted by molar-refractivity contribution is -0.128. The standard InChI is InChI=1S/C20H22N4O3/c1-2-27-19(26)23-11-20(12-23)13-6-3-4-9-16(13)24(18(20)25)10-17-21-14-7-5-8-15(14)22-17/h3-4,6,9H,2,5,7-8,10-12H2,1H3,(H,21,22). The van der Waals surface area contributed by atoms with Gasteiger partial charge in [-0.1, -0.05) is 18.2 Å². The average Bonchev–Trinajstić information content (AvgIpc) is 3.26. The van der Waals surface area contributed by atoms with Gasteiger partial charge in [-0.25, -0.2) is 9.78 Å². The van der Waals surface area contributed by atoms with Crippen LogP contribution in [0.1, 0.15) is 36.1 Å². The van der Waals surface area contributed by atoms with Crippen molar-refractivity contribution in [3.05, 3.63) is 47.0 Å². The van der Waals surface area contributed by atoms with E-state index in [0.717, 1.165) is 42.0 Å². The summed E-state index contributed by atoms with van der Waals surface area (Å²) in [5, 5.41) is 0. The van der Waals surface area contributed by atoms with Gasteiger partial charge in [0.15, 0.2) is 0 Å². The molecule has 1 aromatic heterocycles. The third-order valence-corrected chi connectivity index (χ3v) is 5.87. The van der Waals surface area contributed by atoms with E-state index in [4.69, 9.17) is 4.74 Å². The Labute approximate surface area is 157 Å². The maximum Gasteiger partial charge on any atom is 0.409 e. The van der Waals surface area contributed by atoms with E-state index >= 15 is 0 Å². The van der Waals surface area contributed by atoms with E-state index in [2.05, 4.69) is 9.97 Å². The van der Waals surface area contributed by atoms with E-state index in [9.17, 15) is 9.59 Å². The van der Waals surface area contributed by atoms with Crippen LogP contribution in [0.5, 0.6) is 0 Å². The largest absolute Gasteiger partial charge is 0.450 e. The molecule has 1 fully saturated rings. The van der Waals surface area contributed by atoms with Gasteiger partial charge in [-0.05, 0) is 37.8 Å². The second-order valence-electron chi connectivity index (χ2n) is 7.51. The lowest BCUT2D eigenvalue weighted by Crippen LogP contribution is -2.65. The van der Waals surface area contributed by atoms with Crippen molar-refractivity contribution >= 4 is 17.7 Å². The van der Waals surface area contributed by atoms with Gasteiger partial charge >= 0.3 is 6.09 Å². The molecule has 0 radical (unpaired) electrons. The van der Waals surface area contributed by atoms with Crippen LogP contribution in [0.2, 0.25) is 0 Å². The predicted molar refractivity (Wildman–Crippen MR) is 98.5 cm³/mol. The molecule has 1 spiro atoms. The molecule has 7 heteroatoms. The number of nitrogens with one attached hydrogen (secondary N) is 1. The second-order valence-corrected chi connectivity index (χ2v) is 7.51. The van der Waals surface area contributed by atoms with E-state index in [1.54, 1.807) is 11.8 Å². The van der Waals surface area contributed by atoms with Crippen LogP contribution in [0.3, 0.4) is 0 Å². The number of benzene rings is 1. The molecule has 5 rings (SSSR count). The number of aryl methyl sites for hydroxylation is 2. The SMILES string of the molecule is CCOC(=O)N1CC2(C1)C(=O)N(Cc1nc3c([nH]1)CCC3)c1ccccc12. The smallest absolute Gasteiger partial charge is 0.409 e. The van der Waals surface area contributed by atoms with Crippen molar-refractivity contribution in [1.29, 1.82) is 0 Å². The van der Waals surface area contributed by atoms with Crippen LogP contribution >= 0.6 is 0 Å². The predicted octanol–water partition coefficient (Wildman–Crippen LogP) is 2.16. The van der Waals surface area contributed by atoms with Gasteiger partial charge in [0, 0.05) is 24.5 Å². The quantitative estimate of drug-likeness (QED) is 0.903. The van der Waals surface area contributed by atoms with E-state index in [1.807, 2.05) is 29.2 Å². The van der Waals surface area contributed by atoms with E-state index in [0.29, 0.717) is 26.2 Å². The molecule has 0 saturated carbocycles. The van der Waals surface area contributed by atoms with Crippen molar-refractivity contribution in [2.45, 2.75) is 38.1 Å². The zero-order valence-corrected chi connectivity index (χ0v) is 15.3. The normalized spacial score (nSPS) is 19.2. The van der Waals surface area contributed by atoms with Gasteiger partial charge in [-0.2, -0.15) is 0 Å². The fourth-order valence-electron chi connectivity index (χ4n) is 4.58. The molecule has 27 heavy (non-hydrogen) atoms. The van der Waals surface area contributed by atoms with Crippen molar-refractivity contribution < 1.29 is 14.3 Å². The van der Waals surface area contributed by atoms with Gasteiger partial charge in [0.05, 0.1) is 18.8 Å². The topological polar surface area (TPSA) is 78.5 Å². The summed E-state index contributed by atoms with van der Waals surface area (Å²) in [4.78, 5) is 36.9. The van der Waals surface area contributed by atoms with Crippen molar-refractivity contribution in [2.75, 3.05) is 24.6 Å². The summed E-state index contributed by atoms with van der Waals surface area (Å²) in [6.45, 7) is 3.29. The Hall–Kier alpha value is -2.83. The molecule has 2 aromatic rings. The maximum absolute atomic E-state index is 13.4. The number of imidazole rings is 1. The minimum absolute atomic E-state index is 0.0424. The molecule has 1 aliphatic carbocycles. The van der Waals surface area contributed by atoms with Gasteiger partial charge in [0.1, 0.15) is 11.2 Å². The maximum atomic E-state index is 13.4. The second kappa shape index (κ2) is 5.84. The fraction of sp³-hybridized carbons (Fsp3) is 0.450. The van der Waals surface area contributed by atoms with Crippen LogP contribution in [0.15, 0.2) is 24.3 Å². The lowest BCUT2D eigenvalue weighted by atomic mass is 9.75. The number of ether oxygens (including phenoxy) is 1. The van der Waals surface area contributed by atoms with Crippen LogP contribution in [-0.4, -0.2) is 46.6 Å². The summed E-state index contributed by atoms with van der Waals surface area (Å²) >= 11 is 0. The third kappa shape index (κ3) is 2.30. The highest BCUT2D eigenvalue weighted by Crippen LogP contribution is 2.47. The van der Waals surface area contributed by atoms with Gasteiger partial charge in [0.25, 0.3) is 0 Å². The van der Waals surface area contributed by atoms with E-state index in [1.165, 1.54) is 5.69 Å². The zero-order valence-electron chi connectivity index (χ0n) is 15.3. The molecule has 7 nitrogen and oxygen atoms in total. The molecule has 3 aliphatic rings. The zero-order chi connectivity index (χ0) is 18.6. The monoisotopic (exact) mass is 366 g/mol. The fourth-order valence-corrected chi connectivity index (χ4v) is 4.58. The number of carbonyl (C=O) groups is 2. The summed E-state index contributed by atoms with van der Waals surface area (Å²) in [7, 11) is 0. The third-order valence-electron chi connectivity index (χ3n) is 5.87. The number of aromatic nitrogens is 2. The van der Waals surface area contributed by atoms with Gasteiger partial charge in [-0.15, -0.1) is 0 Å². The van der Waals surface area contributed by atoms with E-state index < -0.39 is 5.41 Å². The molecular formula is C20H22N4O3. The number of amides is 2. The molecule has 140 valence electrons. The minimum Gasteiger partial charge on any atom is -0.450 e. The molecule has 0 bridgehead atoms. The van der Waals surface area contributed by atoms with Crippen LogP contribution in [0.4, 0.5) is 10.5 Å². The van der Waals surface area contributed by atoms with Crippen molar-refractivity contribution in [2.24, 2.45) is 0 Å². The highest BCUT2D eigenvalue weighted by molar-refractivity contribution is 6.09. The molecule has 0 unspecified atom stereocenters. The highest BCUT2D eigenvalue weighted by Gasteiger charge is 2.59. The molecule has 0 atom stereocenters. The van der Waals surface area contributed by atoms with Gasteiger partial charge in [0.2, 0.25) is 5.91 Å². The minimum atomic E-state index is -0.654. The molecule has 1 saturated heterocycles. The number of para-hydroxylation sites is 1. The summed E-state index contributed by atoms with van der Waals surface area (Å²) in [5.74, 6) is 0.877. The first-order valence-corrected chi connectivity index (χ1v) is 9.52. The molecule has 1 N–H and O–H groups in total. The van der Waals surface area contributed by atoms with Crippen molar-refractivity contribution in [3.63, 3.8) is 0 Å². The molecular weight excluding hydrogens is 344 g/mol. The molecule has 2 aliphatic heterocycles. The Balaban J connectivity index is 1.43. The number of carbonyl (C=O) groups excluding carboxylic acids is 2. The number of H-pyrrole nitrogens is 1. The number of hydrogen-bond donors (Lipinski definition) is 1. The van der Waals surface area contributed by atoms with Crippen LogP contribution in [-0.2, 0) is 34.3 Å². The summed E-state index contributed by atoms with van der Waals surface area (Å²) in [6.07, 6.45) is 2.83. The van der Waals surface area contributed by atoms with Crippen LogP contribution in [0.25, 0.3) is 0 Å². The summed E-state index contributed by atoms with van der Waals surface area (Å²) < 4.78 is 5.08. The number of rotatable bonds is 3. The van der Waals surface area contributed by atoms with Crippen LogP contribution in [0, 0.1) is 0 Å². The molecule has 1 aromatic carbocycles. The number of fused-ring (bicyclic) bond motifs is 3. The first-order chi connectivity index (χ1) is 13.1. The van der Waals surface area contributed by atoms with Crippen LogP contribution < -0.4 is 4.90 Å². The average molecular weight is 366 g/mol. The Bertz CT molecular complexity index is 908. The first kappa shape index (κ1) is 16.4. The Morgan fingerprint density at radius 2 is 2.11 bits per heavy atom. The Morgan fingerprint density at radius 1 is 1.30 bits per heavy atom. The summed E-state index contributed by atoms with van der Waals surface area (Å²) in [6, 6.07) is 7.87. The van der Waals surface area contributed by atoms with E-state index in [-0.39, 0.29) is 12.0 Å². The number of aromatic amines is 1. The van der Waals surface area contributed by atoms with Crippen molar-refractivity contribution in [3.8, 4) is 0 Å². The van der Waals surface area contributed by atoms with Crippen molar-refractivity contribution in [1.82, 2.24) is 14.9 Å². The Kier molecular flexibility index (Phi) is 3.54. The number of hydrogen-bond acceptors (Lipinski definition) is 4. The lowest BCUT2D eigenvalue weighted by Gasteiger charge is -2.45.